The minimum absolute atomic E-state index is 0.0458. The second-order valence-electron chi connectivity index (χ2n) is 3.11. The van der Waals surface area contributed by atoms with Crippen LogP contribution in [-0.4, -0.2) is 49.5 Å². The summed E-state index contributed by atoms with van der Waals surface area (Å²) >= 11 is 3.92. The second-order valence-corrected chi connectivity index (χ2v) is 5.40. The van der Waals surface area contributed by atoms with E-state index in [1.165, 1.54) is 0 Å². The van der Waals surface area contributed by atoms with E-state index in [4.69, 9.17) is 4.89 Å². The van der Waals surface area contributed by atoms with Gasteiger partial charge in [0.2, 0.25) is 0 Å². The monoisotopic (exact) mass is 332 g/mol. The molecular weight excluding hydrogens is 311 g/mol. The summed E-state index contributed by atoms with van der Waals surface area (Å²) in [6.07, 6.45) is -0.0458. The molecule has 8 nitrogen and oxygen atoms in total. The fourth-order valence-electron chi connectivity index (χ4n) is 0.774. The summed E-state index contributed by atoms with van der Waals surface area (Å²) in [5.41, 5.74) is 0. The van der Waals surface area contributed by atoms with E-state index in [1.807, 2.05) is 0 Å². The topological polar surface area (TPSA) is 108 Å². The second kappa shape index (κ2) is 12.2. The van der Waals surface area contributed by atoms with Gasteiger partial charge in [-0.25, -0.2) is 4.57 Å². The third-order valence-electron chi connectivity index (χ3n) is 1.69. The van der Waals surface area contributed by atoms with Crippen LogP contribution in [0.15, 0.2) is 0 Å². The first-order valence-corrected chi connectivity index (χ1v) is 7.69. The maximum atomic E-state index is 11.0. The Hall–Kier alpha value is -0.600. The molecule has 1 N–H and O–H groups in total. The van der Waals surface area contributed by atoms with Crippen LogP contribution in [0.4, 0.5) is 0 Å². The van der Waals surface area contributed by atoms with Crippen molar-refractivity contribution in [2.75, 3.05) is 27.4 Å². The zero-order valence-corrected chi connectivity index (χ0v) is 13.7. The van der Waals surface area contributed by atoms with E-state index in [1.54, 1.807) is 13.8 Å². The van der Waals surface area contributed by atoms with E-state index in [2.05, 4.69) is 31.2 Å². The Morgan fingerprint density at radius 2 is 1.60 bits per heavy atom. The molecule has 120 valence electrons. The van der Waals surface area contributed by atoms with Crippen LogP contribution in [0.1, 0.15) is 20.3 Å². The van der Waals surface area contributed by atoms with Crippen molar-refractivity contribution in [2.45, 2.75) is 25.5 Å². The average molecular weight is 332 g/mol. The Balaban J connectivity index is 0. The van der Waals surface area contributed by atoms with Gasteiger partial charge in [0.15, 0.2) is 0 Å². The summed E-state index contributed by atoms with van der Waals surface area (Å²) in [5, 5.41) is -0.723. The number of hydrogen-bond acceptors (Lipinski definition) is 8. The lowest BCUT2D eigenvalue weighted by Gasteiger charge is -2.08. The van der Waals surface area contributed by atoms with Crippen LogP contribution >= 0.6 is 20.5 Å². The molecule has 0 aliphatic carbocycles. The lowest BCUT2D eigenvalue weighted by atomic mass is 10.3. The van der Waals surface area contributed by atoms with Gasteiger partial charge in [-0.15, -0.1) is 0 Å². The lowest BCUT2D eigenvalue weighted by Crippen LogP contribution is -2.22. The fourth-order valence-corrected chi connectivity index (χ4v) is 1.15. The van der Waals surface area contributed by atoms with Gasteiger partial charge in [0.05, 0.1) is 19.6 Å². The van der Waals surface area contributed by atoms with Crippen LogP contribution in [0.2, 0.25) is 0 Å². The number of esters is 2. The van der Waals surface area contributed by atoms with Crippen LogP contribution in [0.25, 0.3) is 0 Å². The van der Waals surface area contributed by atoms with E-state index in [0.29, 0.717) is 13.2 Å². The molecule has 20 heavy (non-hydrogen) atoms. The van der Waals surface area contributed by atoms with Crippen molar-refractivity contribution in [2.24, 2.45) is 0 Å². The summed E-state index contributed by atoms with van der Waals surface area (Å²) in [7, 11) is -1.45. The number of carbonyl (C=O) groups excluding carboxylic acids is 2. The van der Waals surface area contributed by atoms with Crippen molar-refractivity contribution in [1.82, 2.24) is 0 Å². The van der Waals surface area contributed by atoms with Gasteiger partial charge < -0.3 is 14.4 Å². The number of rotatable bonds is 7. The molecule has 0 spiro atoms. The highest BCUT2D eigenvalue weighted by atomic mass is 32.1. The zero-order valence-electron chi connectivity index (χ0n) is 11.9. The van der Waals surface area contributed by atoms with Crippen LogP contribution in [0.5, 0.6) is 0 Å². The number of hydrogen-bond donors (Lipinski definition) is 2. The Labute approximate surface area is 123 Å². The third kappa shape index (κ3) is 12.4. The van der Waals surface area contributed by atoms with Gasteiger partial charge in [0.1, 0.15) is 5.25 Å². The molecular formula is C10H21O8PS. The largest absolute Gasteiger partial charge is 0.471 e. The molecule has 0 saturated carbocycles. The molecule has 0 amide bonds. The van der Waals surface area contributed by atoms with Crippen molar-refractivity contribution in [1.29, 1.82) is 0 Å². The normalized spacial score (nSPS) is 11.9. The van der Waals surface area contributed by atoms with Gasteiger partial charge in [-0.2, -0.15) is 12.6 Å². The lowest BCUT2D eigenvalue weighted by molar-refractivity contribution is -0.149. The Morgan fingerprint density at radius 1 is 1.15 bits per heavy atom. The molecule has 1 atom stereocenters. The smallest absolute Gasteiger partial charge is 0.466 e. The van der Waals surface area contributed by atoms with Gasteiger partial charge in [0.25, 0.3) is 0 Å². The first-order valence-electron chi connectivity index (χ1n) is 5.68. The van der Waals surface area contributed by atoms with E-state index in [-0.39, 0.29) is 6.42 Å². The molecule has 0 aliphatic rings. The van der Waals surface area contributed by atoms with Gasteiger partial charge in [-0.05, 0) is 13.8 Å². The SMILES string of the molecule is CCOC(=O)CC(S)C(=O)OCC.COP(=O)(O)OC. The zero-order chi connectivity index (χ0) is 16.2. The molecule has 0 aromatic rings. The molecule has 10 heteroatoms. The van der Waals surface area contributed by atoms with Gasteiger partial charge in [0, 0.05) is 14.2 Å². The third-order valence-corrected chi connectivity index (χ3v) is 3.00. The highest BCUT2D eigenvalue weighted by molar-refractivity contribution is 7.81. The summed E-state index contributed by atoms with van der Waals surface area (Å²) in [5.74, 6) is -0.922. The molecule has 0 rings (SSSR count). The molecule has 0 fully saturated rings. The average Bonchev–Trinajstić information content (AvgIpc) is 2.40. The minimum atomic E-state index is -3.65. The predicted octanol–water partition coefficient (Wildman–Crippen LogP) is 1.18. The Morgan fingerprint density at radius 3 is 1.90 bits per heavy atom. The van der Waals surface area contributed by atoms with E-state index < -0.39 is 25.0 Å². The van der Waals surface area contributed by atoms with Gasteiger partial charge >= 0.3 is 19.8 Å². The van der Waals surface area contributed by atoms with Gasteiger partial charge in [-0.1, -0.05) is 0 Å². The summed E-state index contributed by atoms with van der Waals surface area (Å²) in [6.45, 7) is 4.00. The summed E-state index contributed by atoms with van der Waals surface area (Å²) < 4.78 is 27.3. The van der Waals surface area contributed by atoms with Crippen LogP contribution in [-0.2, 0) is 32.7 Å². The maximum absolute atomic E-state index is 11.0. The highest BCUT2D eigenvalue weighted by Crippen LogP contribution is 2.40. The first kappa shape index (κ1) is 21.7. The van der Waals surface area contributed by atoms with Crippen molar-refractivity contribution < 1.29 is 37.6 Å². The summed E-state index contributed by atoms with van der Waals surface area (Å²) in [6, 6.07) is 0. The molecule has 0 aliphatic heterocycles. The van der Waals surface area contributed by atoms with E-state index in [0.717, 1.165) is 14.2 Å². The van der Waals surface area contributed by atoms with Crippen molar-refractivity contribution in [3.8, 4) is 0 Å². The standard InChI is InChI=1S/C8H14O4S.C2H7O4P/c1-3-11-7(9)5-6(13)8(10)12-4-2;1-5-7(3,4)6-2/h6,13H,3-5H2,1-2H3;1-2H3,(H,3,4). The molecule has 0 radical (unpaired) electrons. The number of carbonyl (C=O) groups is 2. The quantitative estimate of drug-likeness (QED) is 0.406. The Bertz CT molecular complexity index is 327. The molecule has 0 saturated heterocycles. The van der Waals surface area contributed by atoms with Crippen LogP contribution < -0.4 is 0 Å². The molecule has 0 heterocycles. The van der Waals surface area contributed by atoms with E-state index in [9.17, 15) is 14.2 Å². The van der Waals surface area contributed by atoms with Crippen molar-refractivity contribution in [3.05, 3.63) is 0 Å². The van der Waals surface area contributed by atoms with E-state index >= 15 is 0 Å². The van der Waals surface area contributed by atoms with Crippen LogP contribution in [0.3, 0.4) is 0 Å². The van der Waals surface area contributed by atoms with Crippen LogP contribution in [0, 0.1) is 0 Å². The van der Waals surface area contributed by atoms with Crippen molar-refractivity contribution in [3.63, 3.8) is 0 Å². The molecule has 0 aromatic heterocycles. The number of phosphoric acid groups is 1. The summed E-state index contributed by atoms with van der Waals surface area (Å²) in [4.78, 5) is 30.1. The Kier molecular flexibility index (Phi) is 13.2. The predicted molar refractivity (Wildman–Crippen MR) is 74.5 cm³/mol. The maximum Gasteiger partial charge on any atom is 0.471 e. The fraction of sp³-hybridized carbons (Fsp3) is 0.800. The number of phosphoric ester groups is 1. The number of ether oxygens (including phenoxy) is 2. The van der Waals surface area contributed by atoms with Gasteiger partial charge in [-0.3, -0.25) is 18.6 Å². The number of thiol groups is 1. The minimum Gasteiger partial charge on any atom is -0.466 e. The molecule has 0 aromatic carbocycles. The molecule has 1 unspecified atom stereocenters. The highest BCUT2D eigenvalue weighted by Gasteiger charge is 2.19. The van der Waals surface area contributed by atoms with Crippen molar-refractivity contribution >= 4 is 32.4 Å². The molecule has 0 bridgehead atoms. The first-order chi connectivity index (χ1) is 9.23.